The molecule has 156 valence electrons. The third-order valence-electron chi connectivity index (χ3n) is 5.14. The molecule has 4 rings (SSSR count). The number of nitro benzene ring substituents is 1. The minimum Gasteiger partial charge on any atom is -0.489 e. The van der Waals surface area contributed by atoms with Gasteiger partial charge in [-0.25, -0.2) is 0 Å². The highest BCUT2D eigenvalue weighted by molar-refractivity contribution is 5.84. The lowest BCUT2D eigenvalue weighted by Crippen LogP contribution is -2.13. The van der Waals surface area contributed by atoms with Crippen LogP contribution in [0.3, 0.4) is 0 Å². The Balaban J connectivity index is 1.54. The molecule has 1 atom stereocenters. The van der Waals surface area contributed by atoms with Crippen molar-refractivity contribution in [3.8, 4) is 5.75 Å². The summed E-state index contributed by atoms with van der Waals surface area (Å²) in [5.41, 5.74) is 3.31. The van der Waals surface area contributed by atoms with E-state index in [-0.39, 0.29) is 23.8 Å². The van der Waals surface area contributed by atoms with E-state index < -0.39 is 10.8 Å². The van der Waals surface area contributed by atoms with E-state index in [9.17, 15) is 20.2 Å². The van der Waals surface area contributed by atoms with Crippen molar-refractivity contribution in [2.24, 2.45) is 0 Å². The van der Waals surface area contributed by atoms with E-state index in [1.807, 2.05) is 42.6 Å². The van der Waals surface area contributed by atoms with Gasteiger partial charge in [-0.15, -0.1) is 0 Å². The number of ether oxygens (including phenoxy) is 1. The van der Waals surface area contributed by atoms with Crippen LogP contribution in [0, 0.1) is 20.2 Å². The summed E-state index contributed by atoms with van der Waals surface area (Å²) in [5, 5.41) is 23.2. The molecule has 0 radical (unpaired) electrons. The van der Waals surface area contributed by atoms with Crippen LogP contribution < -0.4 is 4.74 Å². The number of rotatable bonds is 8. The second-order valence-corrected chi connectivity index (χ2v) is 7.14. The molecule has 0 aliphatic carbocycles. The van der Waals surface area contributed by atoms with Crippen LogP contribution in [-0.4, -0.2) is 21.4 Å². The molecule has 0 aliphatic heterocycles. The van der Waals surface area contributed by atoms with E-state index >= 15 is 0 Å². The highest BCUT2D eigenvalue weighted by Crippen LogP contribution is 2.32. The van der Waals surface area contributed by atoms with E-state index in [1.54, 1.807) is 24.3 Å². The predicted molar refractivity (Wildman–Crippen MR) is 116 cm³/mol. The number of hydrogen-bond acceptors (Lipinski definition) is 5. The molecule has 0 unspecified atom stereocenters. The number of nitro groups is 2. The summed E-state index contributed by atoms with van der Waals surface area (Å²) >= 11 is 0. The normalized spacial score (nSPS) is 11.9. The summed E-state index contributed by atoms with van der Waals surface area (Å²) in [5.74, 6) is 0.172. The van der Waals surface area contributed by atoms with Crippen LogP contribution in [0.4, 0.5) is 5.69 Å². The van der Waals surface area contributed by atoms with Gasteiger partial charge in [0.1, 0.15) is 12.4 Å². The molecule has 31 heavy (non-hydrogen) atoms. The fraction of sp³-hybridized carbons (Fsp3) is 0.130. The molecule has 8 nitrogen and oxygen atoms in total. The van der Waals surface area contributed by atoms with Crippen molar-refractivity contribution >= 4 is 16.6 Å². The average molecular weight is 417 g/mol. The van der Waals surface area contributed by atoms with Crippen LogP contribution in [0.25, 0.3) is 10.9 Å². The maximum absolute atomic E-state index is 11.3. The third kappa shape index (κ3) is 4.53. The highest BCUT2D eigenvalue weighted by atomic mass is 16.6. The molecule has 0 fully saturated rings. The number of para-hydroxylation sites is 1. The number of aromatic nitrogens is 1. The van der Waals surface area contributed by atoms with E-state index in [0.29, 0.717) is 11.3 Å². The molecular weight excluding hydrogens is 398 g/mol. The monoisotopic (exact) mass is 417 g/mol. The third-order valence-corrected chi connectivity index (χ3v) is 5.14. The first-order valence-corrected chi connectivity index (χ1v) is 9.65. The number of benzene rings is 3. The molecule has 3 aromatic carbocycles. The Hall–Kier alpha value is -4.20. The van der Waals surface area contributed by atoms with Gasteiger partial charge in [0, 0.05) is 34.2 Å². The molecule has 0 bridgehead atoms. The van der Waals surface area contributed by atoms with Gasteiger partial charge in [0.25, 0.3) is 5.69 Å². The van der Waals surface area contributed by atoms with Gasteiger partial charge >= 0.3 is 0 Å². The van der Waals surface area contributed by atoms with E-state index in [4.69, 9.17) is 4.74 Å². The first-order chi connectivity index (χ1) is 15.0. The lowest BCUT2D eigenvalue weighted by molar-refractivity contribution is -0.481. The minimum atomic E-state index is -0.446. The molecule has 1 N–H and O–H groups in total. The Bertz CT molecular complexity index is 1230. The van der Waals surface area contributed by atoms with Gasteiger partial charge < -0.3 is 9.72 Å². The molecular formula is C23H19N3O5. The number of non-ortho nitro benzene ring substituents is 1. The van der Waals surface area contributed by atoms with Crippen molar-refractivity contribution in [3.05, 3.63) is 116 Å². The smallest absolute Gasteiger partial charge is 0.269 e. The van der Waals surface area contributed by atoms with Gasteiger partial charge in [-0.2, -0.15) is 0 Å². The van der Waals surface area contributed by atoms with Gasteiger partial charge in [0.15, 0.2) is 0 Å². The molecule has 0 aliphatic rings. The number of aromatic amines is 1. The second-order valence-electron chi connectivity index (χ2n) is 7.14. The van der Waals surface area contributed by atoms with Crippen LogP contribution in [0.5, 0.6) is 5.75 Å². The van der Waals surface area contributed by atoms with E-state index in [1.165, 1.54) is 12.1 Å². The Morgan fingerprint density at radius 1 is 0.935 bits per heavy atom. The molecule has 1 heterocycles. The minimum absolute atomic E-state index is 0.0119. The SMILES string of the molecule is O=[N+]([O-])C[C@H](c1ccc(OCc2cccc([N+](=O)[O-])c2)cc1)c1c[nH]c2ccccc12. The zero-order chi connectivity index (χ0) is 21.8. The lowest BCUT2D eigenvalue weighted by atomic mass is 9.91. The van der Waals surface area contributed by atoms with E-state index in [2.05, 4.69) is 4.98 Å². The number of nitrogens with one attached hydrogen (secondary N) is 1. The van der Waals surface area contributed by atoms with Gasteiger partial charge in [0.2, 0.25) is 6.54 Å². The first-order valence-electron chi connectivity index (χ1n) is 9.65. The molecule has 0 spiro atoms. The molecule has 0 amide bonds. The first kappa shape index (κ1) is 20.1. The summed E-state index contributed by atoms with van der Waals surface area (Å²) in [4.78, 5) is 24.7. The average Bonchev–Trinajstić information content (AvgIpc) is 3.20. The Kier molecular flexibility index (Phi) is 5.61. The molecule has 0 saturated heterocycles. The Labute approximate surface area is 177 Å². The van der Waals surface area contributed by atoms with Crippen LogP contribution in [0.1, 0.15) is 22.6 Å². The molecule has 1 aromatic heterocycles. The van der Waals surface area contributed by atoms with Gasteiger partial charge in [-0.3, -0.25) is 20.2 Å². The quantitative estimate of drug-likeness (QED) is 0.318. The molecule has 4 aromatic rings. The maximum atomic E-state index is 11.3. The van der Waals surface area contributed by atoms with Gasteiger partial charge in [0.05, 0.1) is 10.8 Å². The lowest BCUT2D eigenvalue weighted by Gasteiger charge is -2.14. The van der Waals surface area contributed by atoms with Crippen molar-refractivity contribution < 1.29 is 14.6 Å². The van der Waals surface area contributed by atoms with Crippen LogP contribution in [-0.2, 0) is 6.61 Å². The Morgan fingerprint density at radius 2 is 1.71 bits per heavy atom. The summed E-state index contributed by atoms with van der Waals surface area (Å²) < 4.78 is 5.74. The van der Waals surface area contributed by atoms with Gasteiger partial charge in [-0.1, -0.05) is 42.5 Å². The second kappa shape index (κ2) is 8.66. The van der Waals surface area contributed by atoms with Crippen molar-refractivity contribution in [1.82, 2.24) is 4.98 Å². The zero-order valence-corrected chi connectivity index (χ0v) is 16.4. The summed E-state index contributed by atoms with van der Waals surface area (Å²) in [6, 6.07) is 21.1. The van der Waals surface area contributed by atoms with Crippen LogP contribution in [0.15, 0.2) is 79.0 Å². The van der Waals surface area contributed by atoms with Crippen LogP contribution >= 0.6 is 0 Å². The zero-order valence-electron chi connectivity index (χ0n) is 16.4. The fourth-order valence-electron chi connectivity index (χ4n) is 3.64. The van der Waals surface area contributed by atoms with Crippen molar-refractivity contribution in [3.63, 3.8) is 0 Å². The molecule has 0 saturated carbocycles. The summed E-state index contributed by atoms with van der Waals surface area (Å²) in [6.45, 7) is -0.0441. The topological polar surface area (TPSA) is 111 Å². The van der Waals surface area contributed by atoms with Gasteiger partial charge in [-0.05, 0) is 34.9 Å². The highest BCUT2D eigenvalue weighted by Gasteiger charge is 2.23. The van der Waals surface area contributed by atoms with E-state index in [0.717, 1.165) is 22.0 Å². The van der Waals surface area contributed by atoms with Crippen molar-refractivity contribution in [1.29, 1.82) is 0 Å². The summed E-state index contributed by atoms with van der Waals surface area (Å²) in [6.07, 6.45) is 1.82. The standard InChI is InChI=1S/C23H19N3O5/c27-25(28)14-22(21-13-24-23-7-2-1-6-20(21)23)17-8-10-19(11-9-17)31-15-16-4-3-5-18(12-16)26(29)30/h1-13,22,24H,14-15H2/t22-/m1/s1. The summed E-state index contributed by atoms with van der Waals surface area (Å²) in [7, 11) is 0. The molecule has 8 heteroatoms. The number of hydrogen-bond donors (Lipinski definition) is 1. The Morgan fingerprint density at radius 3 is 2.45 bits per heavy atom. The number of H-pyrrole nitrogens is 1. The van der Waals surface area contributed by atoms with Crippen molar-refractivity contribution in [2.75, 3.05) is 6.54 Å². The maximum Gasteiger partial charge on any atom is 0.269 e. The predicted octanol–water partition coefficient (Wildman–Crippen LogP) is 5.06. The largest absolute Gasteiger partial charge is 0.489 e. The number of nitrogens with zero attached hydrogens (tertiary/aromatic N) is 2. The fourth-order valence-corrected chi connectivity index (χ4v) is 3.64. The van der Waals surface area contributed by atoms with Crippen LogP contribution in [0.2, 0.25) is 0 Å². The number of fused-ring (bicyclic) bond motifs is 1. The van der Waals surface area contributed by atoms with Crippen molar-refractivity contribution in [2.45, 2.75) is 12.5 Å².